The number of rotatable bonds is 19. The van der Waals surface area contributed by atoms with E-state index in [1.54, 1.807) is 6.34 Å². The van der Waals surface area contributed by atoms with Crippen molar-refractivity contribution in [2.45, 2.75) is 103 Å². The maximum Gasteiger partial charge on any atom is 0.186 e. The lowest BCUT2D eigenvalue weighted by Crippen LogP contribution is -2.57. The molecule has 2 unspecified atom stereocenters. The fourth-order valence-electron chi connectivity index (χ4n) is 4.26. The highest BCUT2D eigenvalue weighted by atomic mass is 16.4. The van der Waals surface area contributed by atoms with Crippen LogP contribution < -0.4 is 5.11 Å². The molecule has 1 aliphatic heterocycles. The summed E-state index contributed by atoms with van der Waals surface area (Å²) in [4.78, 5) is 15.4. The van der Waals surface area contributed by atoms with Crippen LogP contribution in [0.1, 0.15) is 96.8 Å². The molecule has 0 spiro atoms. The Bertz CT molecular complexity index is 479. The number of unbranched alkanes of at least 4 members (excludes halogenated alkanes) is 12. The number of aliphatic hydroxyl groups excluding tert-OH is 1. The molecule has 0 bridgehead atoms. The van der Waals surface area contributed by atoms with Crippen molar-refractivity contribution >= 4 is 12.3 Å². The van der Waals surface area contributed by atoms with Crippen molar-refractivity contribution in [1.82, 2.24) is 0 Å². The Balaban J connectivity index is 2.15. The second kappa shape index (κ2) is 16.6. The zero-order chi connectivity index (χ0) is 21.2. The number of carbonyl (C=O) groups is 1. The summed E-state index contributed by atoms with van der Waals surface area (Å²) < 4.78 is 0.276. The van der Waals surface area contributed by atoms with Crippen molar-refractivity contribution in [3.8, 4) is 0 Å². The molecule has 1 heterocycles. The molecule has 0 saturated heterocycles. The van der Waals surface area contributed by atoms with Gasteiger partial charge < -0.3 is 15.0 Å². The third kappa shape index (κ3) is 11.5. The smallest absolute Gasteiger partial charge is 0.186 e. The molecular formula is C24H44N2O3. The van der Waals surface area contributed by atoms with Gasteiger partial charge in [-0.15, -0.1) is 0 Å². The Hall–Kier alpha value is -1.20. The number of aliphatic carboxylic acids is 1. The molecule has 168 valence electrons. The van der Waals surface area contributed by atoms with Gasteiger partial charge in [0.05, 0.1) is 12.5 Å². The maximum atomic E-state index is 11.2. The van der Waals surface area contributed by atoms with Crippen molar-refractivity contribution in [2.75, 3.05) is 26.2 Å². The monoisotopic (exact) mass is 408 g/mol. The lowest BCUT2D eigenvalue weighted by molar-refractivity contribution is -0.843. The Labute approximate surface area is 178 Å². The van der Waals surface area contributed by atoms with E-state index in [2.05, 4.69) is 24.1 Å². The Morgan fingerprint density at radius 3 is 2.14 bits per heavy atom. The van der Waals surface area contributed by atoms with E-state index < -0.39 is 5.97 Å². The van der Waals surface area contributed by atoms with Gasteiger partial charge in [-0.05, 0) is 18.9 Å². The first-order chi connectivity index (χ1) is 14.1. The fraction of sp³-hybridized carbons (Fsp3) is 0.833. The minimum atomic E-state index is -1.06. The predicted octanol–water partition coefficient (Wildman–Crippen LogP) is 3.99. The number of allylic oxidation sites excluding steroid dienone is 1. The van der Waals surface area contributed by atoms with Gasteiger partial charge in [0.25, 0.3) is 0 Å². The summed E-state index contributed by atoms with van der Waals surface area (Å²) in [6.07, 6.45) is 23.7. The summed E-state index contributed by atoms with van der Waals surface area (Å²) in [5.41, 5.74) is 0. The van der Waals surface area contributed by atoms with Gasteiger partial charge in [-0.1, -0.05) is 83.6 Å². The zero-order valence-corrected chi connectivity index (χ0v) is 18.7. The Morgan fingerprint density at radius 1 is 1.07 bits per heavy atom. The Morgan fingerprint density at radius 2 is 1.66 bits per heavy atom. The third-order valence-corrected chi connectivity index (χ3v) is 6.05. The highest BCUT2D eigenvalue weighted by Gasteiger charge is 2.36. The van der Waals surface area contributed by atoms with Crippen molar-refractivity contribution < 1.29 is 19.5 Å². The summed E-state index contributed by atoms with van der Waals surface area (Å²) in [7, 11) is 0. The summed E-state index contributed by atoms with van der Waals surface area (Å²) in [6.45, 7) is 3.55. The van der Waals surface area contributed by atoms with E-state index in [0.717, 1.165) is 6.42 Å². The summed E-state index contributed by atoms with van der Waals surface area (Å²) in [5.74, 6) is -1.06. The Kier molecular flexibility index (Phi) is 14.8. The average molecular weight is 409 g/mol. The van der Waals surface area contributed by atoms with Gasteiger partial charge in [0.15, 0.2) is 6.34 Å². The van der Waals surface area contributed by atoms with E-state index in [1.807, 2.05) is 0 Å². The van der Waals surface area contributed by atoms with E-state index in [-0.39, 0.29) is 23.7 Å². The van der Waals surface area contributed by atoms with E-state index in [4.69, 9.17) is 0 Å². The van der Waals surface area contributed by atoms with Crippen LogP contribution in [0, 0.1) is 0 Å². The molecule has 0 aliphatic carbocycles. The second-order valence-corrected chi connectivity index (χ2v) is 8.56. The predicted molar refractivity (Wildman–Crippen MR) is 119 cm³/mol. The first-order valence-electron chi connectivity index (χ1n) is 12.0. The number of nitrogens with zero attached hydrogens (tertiary/aromatic N) is 2. The summed E-state index contributed by atoms with van der Waals surface area (Å²) in [6, 6.07) is -0.0403. The minimum Gasteiger partial charge on any atom is -0.544 e. The van der Waals surface area contributed by atoms with E-state index >= 15 is 0 Å². The van der Waals surface area contributed by atoms with Crippen molar-refractivity contribution in [3.05, 3.63) is 12.2 Å². The normalized spacial score (nSPS) is 19.9. The van der Waals surface area contributed by atoms with Crippen LogP contribution in [0.4, 0.5) is 0 Å². The number of quaternary nitrogens is 1. The van der Waals surface area contributed by atoms with Crippen LogP contribution in [0.25, 0.3) is 0 Å². The number of aliphatic hydroxyl groups is 1. The number of carboxylic acid groups (broad SMARTS) is 1. The number of aliphatic imine (C=N–C) groups is 1. The maximum absolute atomic E-state index is 11.2. The molecule has 0 aromatic carbocycles. The van der Waals surface area contributed by atoms with Crippen LogP contribution in [-0.2, 0) is 4.79 Å². The van der Waals surface area contributed by atoms with Crippen molar-refractivity contribution in [1.29, 1.82) is 0 Å². The molecule has 1 aliphatic rings. The minimum absolute atomic E-state index is 0.0403. The molecule has 0 amide bonds. The second-order valence-electron chi connectivity index (χ2n) is 8.56. The molecule has 1 rings (SSSR count). The third-order valence-electron chi connectivity index (χ3n) is 6.05. The lowest BCUT2D eigenvalue weighted by Gasteiger charge is -2.37. The molecule has 5 nitrogen and oxygen atoms in total. The first kappa shape index (κ1) is 25.8. The molecule has 1 N–H and O–H groups in total. The van der Waals surface area contributed by atoms with Gasteiger partial charge in [-0.3, -0.25) is 4.48 Å². The standard InChI is InChI=1S/C24H44N2O3/c1-2-3-4-5-6-7-8-9-10-11-12-13-14-15-16-23(17-20-27)26(21-24(28)29)19-18-25-22-26/h15-16,22-23,27H,2-14,17-21H2,1H3. The van der Waals surface area contributed by atoms with Gasteiger partial charge in [-0.2, -0.15) is 0 Å². The molecule has 0 aromatic rings. The van der Waals surface area contributed by atoms with Crippen molar-refractivity contribution in [3.63, 3.8) is 0 Å². The SMILES string of the molecule is CCCCCCCCCCCCCCC=CC(CCO)[N+]1(CC(=O)[O-])C=NCC1. The number of carbonyl (C=O) groups excluding carboxylic acids is 1. The number of hydrogen-bond acceptors (Lipinski definition) is 4. The van der Waals surface area contributed by atoms with Crippen LogP contribution in [0.15, 0.2) is 17.1 Å². The van der Waals surface area contributed by atoms with Gasteiger partial charge in [0.2, 0.25) is 0 Å². The largest absolute Gasteiger partial charge is 0.544 e. The van der Waals surface area contributed by atoms with Crippen LogP contribution in [0.3, 0.4) is 0 Å². The van der Waals surface area contributed by atoms with Gasteiger partial charge in [-0.25, -0.2) is 4.99 Å². The first-order valence-corrected chi connectivity index (χ1v) is 12.0. The number of hydrogen-bond donors (Lipinski definition) is 1. The van der Waals surface area contributed by atoms with Gasteiger partial charge in [0, 0.05) is 13.0 Å². The zero-order valence-electron chi connectivity index (χ0n) is 18.7. The topological polar surface area (TPSA) is 72.7 Å². The quantitative estimate of drug-likeness (QED) is 0.199. The molecule has 5 heteroatoms. The lowest BCUT2D eigenvalue weighted by atomic mass is 10.0. The van der Waals surface area contributed by atoms with Crippen LogP contribution >= 0.6 is 0 Å². The van der Waals surface area contributed by atoms with Gasteiger partial charge >= 0.3 is 0 Å². The fourth-order valence-corrected chi connectivity index (χ4v) is 4.26. The van der Waals surface area contributed by atoms with Crippen LogP contribution in [0.5, 0.6) is 0 Å². The molecular weight excluding hydrogens is 364 g/mol. The van der Waals surface area contributed by atoms with E-state index in [0.29, 0.717) is 19.5 Å². The molecule has 29 heavy (non-hydrogen) atoms. The van der Waals surface area contributed by atoms with E-state index in [9.17, 15) is 15.0 Å². The molecule has 2 atom stereocenters. The molecule has 0 saturated carbocycles. The molecule has 0 fully saturated rings. The number of carboxylic acids is 1. The van der Waals surface area contributed by atoms with Crippen LogP contribution in [-0.4, -0.2) is 54.2 Å². The highest BCUT2D eigenvalue weighted by molar-refractivity contribution is 5.68. The molecule has 0 aromatic heterocycles. The molecule has 0 radical (unpaired) electrons. The van der Waals surface area contributed by atoms with Crippen molar-refractivity contribution in [2.24, 2.45) is 4.99 Å². The van der Waals surface area contributed by atoms with Crippen LogP contribution in [0.2, 0.25) is 0 Å². The van der Waals surface area contributed by atoms with Gasteiger partial charge in [0.1, 0.15) is 19.1 Å². The highest BCUT2D eigenvalue weighted by Crippen LogP contribution is 2.20. The average Bonchev–Trinajstić information content (AvgIpc) is 3.16. The summed E-state index contributed by atoms with van der Waals surface area (Å²) >= 11 is 0. The van der Waals surface area contributed by atoms with E-state index in [1.165, 1.54) is 77.0 Å². The summed E-state index contributed by atoms with van der Waals surface area (Å²) in [5, 5.41) is 20.6.